The zero-order valence-electron chi connectivity index (χ0n) is 14.6. The molecular formula is C18H19BrN2O2S3. The van der Waals surface area contributed by atoms with Gasteiger partial charge in [0.15, 0.2) is 0 Å². The van der Waals surface area contributed by atoms with Gasteiger partial charge in [-0.25, -0.2) is 18.1 Å². The second-order valence-corrected chi connectivity index (χ2v) is 11.6. The zero-order valence-corrected chi connectivity index (χ0v) is 18.7. The van der Waals surface area contributed by atoms with Crippen LogP contribution in [0.3, 0.4) is 0 Å². The van der Waals surface area contributed by atoms with Gasteiger partial charge >= 0.3 is 0 Å². The Morgan fingerprint density at radius 2 is 1.81 bits per heavy atom. The van der Waals surface area contributed by atoms with Crippen LogP contribution in [0.4, 0.5) is 0 Å². The van der Waals surface area contributed by atoms with E-state index in [2.05, 4.69) is 46.4 Å². The van der Waals surface area contributed by atoms with Gasteiger partial charge in [-0.3, -0.25) is 0 Å². The molecule has 0 unspecified atom stereocenters. The number of benzene rings is 1. The van der Waals surface area contributed by atoms with Crippen LogP contribution in [-0.2, 0) is 22.0 Å². The molecule has 1 N–H and O–H groups in total. The summed E-state index contributed by atoms with van der Waals surface area (Å²) < 4.78 is 29.0. The lowest BCUT2D eigenvalue weighted by atomic mass is 9.93. The predicted octanol–water partition coefficient (Wildman–Crippen LogP) is 5.41. The van der Waals surface area contributed by atoms with Crippen LogP contribution in [0, 0.1) is 0 Å². The van der Waals surface area contributed by atoms with Gasteiger partial charge in [0.1, 0.15) is 9.22 Å². The van der Waals surface area contributed by atoms with E-state index in [9.17, 15) is 8.42 Å². The number of hydrogen-bond donors (Lipinski definition) is 1. The van der Waals surface area contributed by atoms with Gasteiger partial charge in [-0.1, -0.05) is 48.8 Å². The van der Waals surface area contributed by atoms with Crippen LogP contribution in [0.1, 0.15) is 32.0 Å². The maximum Gasteiger partial charge on any atom is 0.250 e. The second kappa shape index (κ2) is 7.52. The van der Waals surface area contributed by atoms with Crippen molar-refractivity contribution in [2.24, 2.45) is 0 Å². The summed E-state index contributed by atoms with van der Waals surface area (Å²) in [5.41, 5.74) is 2.75. The minimum absolute atomic E-state index is 0.0219. The molecule has 2 heterocycles. The first kappa shape index (κ1) is 19.7. The van der Waals surface area contributed by atoms with Gasteiger partial charge in [0, 0.05) is 32.8 Å². The fourth-order valence-electron chi connectivity index (χ4n) is 2.17. The Morgan fingerprint density at radius 1 is 1.12 bits per heavy atom. The number of aromatic nitrogens is 1. The molecule has 0 spiro atoms. The van der Waals surface area contributed by atoms with Crippen molar-refractivity contribution < 1.29 is 8.42 Å². The van der Waals surface area contributed by atoms with Crippen LogP contribution in [0.15, 0.2) is 49.8 Å². The van der Waals surface area contributed by atoms with Crippen molar-refractivity contribution in [3.05, 3.63) is 56.8 Å². The van der Waals surface area contributed by atoms with E-state index >= 15 is 0 Å². The van der Waals surface area contributed by atoms with Crippen LogP contribution >= 0.6 is 38.6 Å². The maximum atomic E-state index is 12.6. The van der Waals surface area contributed by atoms with E-state index in [0.717, 1.165) is 26.3 Å². The highest BCUT2D eigenvalue weighted by atomic mass is 79.9. The van der Waals surface area contributed by atoms with E-state index < -0.39 is 10.0 Å². The molecule has 0 atom stereocenters. The van der Waals surface area contributed by atoms with E-state index in [1.54, 1.807) is 17.4 Å². The van der Waals surface area contributed by atoms with Gasteiger partial charge < -0.3 is 0 Å². The Bertz CT molecular complexity index is 1000. The minimum atomic E-state index is -3.54. The molecule has 0 aliphatic carbocycles. The summed E-state index contributed by atoms with van der Waals surface area (Å²) in [4.78, 5) is 4.65. The highest BCUT2D eigenvalue weighted by molar-refractivity contribution is 9.10. The Balaban J connectivity index is 1.75. The fourth-order valence-corrected chi connectivity index (χ4v) is 5.77. The van der Waals surface area contributed by atoms with Crippen molar-refractivity contribution in [3.63, 3.8) is 0 Å². The lowest BCUT2D eigenvalue weighted by molar-refractivity contribution is 0.573. The summed E-state index contributed by atoms with van der Waals surface area (Å²) in [7, 11) is -3.54. The molecule has 0 aliphatic rings. The largest absolute Gasteiger partial charge is 0.250 e. The highest BCUT2D eigenvalue weighted by Gasteiger charge is 2.21. The Morgan fingerprint density at radius 3 is 2.42 bits per heavy atom. The van der Waals surface area contributed by atoms with Crippen molar-refractivity contribution in [1.82, 2.24) is 9.71 Å². The van der Waals surface area contributed by atoms with E-state index in [4.69, 9.17) is 0 Å². The third-order valence-corrected chi connectivity index (χ3v) is 8.00. The second-order valence-electron chi connectivity index (χ2n) is 6.89. The van der Waals surface area contributed by atoms with Crippen molar-refractivity contribution >= 4 is 48.6 Å². The lowest BCUT2D eigenvalue weighted by Gasteiger charge is -2.14. The predicted molar refractivity (Wildman–Crippen MR) is 112 cm³/mol. The maximum absolute atomic E-state index is 12.6. The molecule has 4 nitrogen and oxygen atoms in total. The van der Waals surface area contributed by atoms with Crippen molar-refractivity contribution in [2.45, 2.75) is 36.9 Å². The van der Waals surface area contributed by atoms with Gasteiger partial charge in [-0.15, -0.1) is 22.7 Å². The number of sulfonamides is 1. The van der Waals surface area contributed by atoms with E-state index in [1.807, 2.05) is 35.0 Å². The van der Waals surface area contributed by atoms with Crippen LogP contribution in [-0.4, -0.2) is 13.4 Å². The van der Waals surface area contributed by atoms with Gasteiger partial charge in [0.05, 0.1) is 5.69 Å². The molecule has 3 rings (SSSR count). The molecule has 0 saturated carbocycles. The quantitative estimate of drug-likeness (QED) is 0.541. The molecule has 1 aromatic carbocycles. The zero-order chi connectivity index (χ0) is 18.9. The summed E-state index contributed by atoms with van der Waals surface area (Å²) in [5.74, 6) is 0. The van der Waals surface area contributed by atoms with Crippen LogP contribution < -0.4 is 4.72 Å². The number of thiophene rings is 1. The normalized spacial score (nSPS) is 12.5. The summed E-state index contributed by atoms with van der Waals surface area (Å²) in [6, 6.07) is 9.25. The Kier molecular flexibility index (Phi) is 5.69. The first-order chi connectivity index (χ1) is 12.1. The molecule has 8 heteroatoms. The standard InChI is InChI=1S/C18H19BrN2O2S3/c1-18(2,3)15-11-25-17(21-15)13-8-16(24-10-13)26(22,23)20-9-12-4-6-14(19)7-5-12/h4-8,10-11,20H,9H2,1-3H3. The van der Waals surface area contributed by atoms with Crippen LogP contribution in [0.25, 0.3) is 10.6 Å². The summed E-state index contributed by atoms with van der Waals surface area (Å²) in [5, 5.41) is 4.73. The minimum Gasteiger partial charge on any atom is -0.241 e. The number of hydrogen-bond acceptors (Lipinski definition) is 5. The fraction of sp³-hybridized carbons (Fsp3) is 0.278. The third-order valence-electron chi connectivity index (χ3n) is 3.74. The summed E-state index contributed by atoms with van der Waals surface area (Å²) in [6.45, 7) is 6.60. The molecule has 26 heavy (non-hydrogen) atoms. The smallest absolute Gasteiger partial charge is 0.241 e. The topological polar surface area (TPSA) is 59.1 Å². The Hall–Kier alpha value is -1.06. The number of nitrogens with zero attached hydrogens (tertiary/aromatic N) is 1. The molecule has 0 aliphatic heterocycles. The average Bonchev–Trinajstić information content (AvgIpc) is 3.23. The van der Waals surface area contributed by atoms with Gasteiger partial charge in [0.2, 0.25) is 10.0 Å². The molecule has 138 valence electrons. The lowest BCUT2D eigenvalue weighted by Crippen LogP contribution is -2.22. The van der Waals surface area contributed by atoms with Gasteiger partial charge in [-0.05, 0) is 23.8 Å². The monoisotopic (exact) mass is 470 g/mol. The number of thiazole rings is 1. The number of nitrogens with one attached hydrogen (secondary N) is 1. The van der Waals surface area contributed by atoms with Crippen molar-refractivity contribution in [1.29, 1.82) is 0 Å². The molecule has 0 saturated heterocycles. The molecule has 3 aromatic rings. The van der Waals surface area contributed by atoms with Crippen LogP contribution in [0.5, 0.6) is 0 Å². The van der Waals surface area contributed by atoms with Gasteiger partial charge in [-0.2, -0.15) is 0 Å². The first-order valence-electron chi connectivity index (χ1n) is 7.94. The molecule has 2 aromatic heterocycles. The molecular weight excluding hydrogens is 452 g/mol. The summed E-state index contributed by atoms with van der Waals surface area (Å²) in [6.07, 6.45) is 0. The first-order valence-corrected chi connectivity index (χ1v) is 12.0. The highest BCUT2D eigenvalue weighted by Crippen LogP contribution is 2.33. The molecule has 0 fully saturated rings. The van der Waals surface area contributed by atoms with E-state index in [1.165, 1.54) is 11.3 Å². The van der Waals surface area contributed by atoms with Gasteiger partial charge in [0.25, 0.3) is 0 Å². The van der Waals surface area contributed by atoms with E-state index in [0.29, 0.717) is 4.21 Å². The van der Waals surface area contributed by atoms with Crippen molar-refractivity contribution in [2.75, 3.05) is 0 Å². The molecule has 0 bridgehead atoms. The molecule has 0 amide bonds. The molecule has 0 radical (unpaired) electrons. The average molecular weight is 471 g/mol. The van der Waals surface area contributed by atoms with Crippen molar-refractivity contribution in [3.8, 4) is 10.6 Å². The summed E-state index contributed by atoms with van der Waals surface area (Å²) >= 11 is 6.12. The third kappa shape index (κ3) is 4.61. The Labute approximate surface area is 170 Å². The van der Waals surface area contributed by atoms with Crippen LogP contribution in [0.2, 0.25) is 0 Å². The number of rotatable bonds is 5. The SMILES string of the molecule is CC(C)(C)c1csc(-c2csc(S(=O)(=O)NCc3ccc(Br)cc3)c2)n1. The number of halogens is 1. The van der Waals surface area contributed by atoms with E-state index in [-0.39, 0.29) is 12.0 Å².